The smallest absolute Gasteiger partial charge is 0.274 e. The quantitative estimate of drug-likeness (QED) is 0.599. The Labute approximate surface area is 171 Å². The number of hydrogen-bond donors (Lipinski definition) is 0. The summed E-state index contributed by atoms with van der Waals surface area (Å²) in [5.74, 6) is -0.178. The number of amides is 1. The number of aryl methyl sites for hydroxylation is 1. The fourth-order valence-electron chi connectivity index (χ4n) is 3.32. The zero-order valence-electron chi connectivity index (χ0n) is 15.2. The number of aromatic nitrogens is 2. The predicted molar refractivity (Wildman–Crippen MR) is 109 cm³/mol. The fourth-order valence-corrected chi connectivity index (χ4v) is 5.34. The normalized spacial score (nSPS) is 15.9. The van der Waals surface area contributed by atoms with Gasteiger partial charge in [0.15, 0.2) is 0 Å². The molecule has 28 heavy (non-hydrogen) atoms. The van der Waals surface area contributed by atoms with Gasteiger partial charge in [0, 0.05) is 42.5 Å². The van der Waals surface area contributed by atoms with E-state index in [4.69, 9.17) is 0 Å². The van der Waals surface area contributed by atoms with Gasteiger partial charge in [0.1, 0.15) is 11.3 Å². The molecule has 7 nitrogen and oxygen atoms in total. The van der Waals surface area contributed by atoms with Crippen molar-refractivity contribution in [2.24, 2.45) is 0 Å². The Morgan fingerprint density at radius 3 is 2.46 bits per heavy atom. The second-order valence-corrected chi connectivity index (χ2v) is 9.53. The van der Waals surface area contributed by atoms with E-state index in [9.17, 15) is 13.2 Å². The van der Waals surface area contributed by atoms with Crippen LogP contribution in [0.4, 0.5) is 0 Å². The Bertz CT molecular complexity index is 1150. The molecular formula is C19H19BrN4O3S. The number of carbonyl (C=O) groups excluding carboxylic acids is 1. The molecule has 3 aromatic rings. The Morgan fingerprint density at radius 2 is 1.79 bits per heavy atom. The van der Waals surface area contributed by atoms with E-state index in [1.807, 2.05) is 29.5 Å². The highest BCUT2D eigenvalue weighted by atomic mass is 79.9. The Hall–Kier alpha value is -2.23. The molecule has 146 valence electrons. The van der Waals surface area contributed by atoms with Crippen molar-refractivity contribution < 1.29 is 13.2 Å². The number of nitrogens with zero attached hydrogens (tertiary/aromatic N) is 4. The van der Waals surface area contributed by atoms with Gasteiger partial charge in [-0.3, -0.25) is 4.79 Å². The van der Waals surface area contributed by atoms with E-state index < -0.39 is 10.0 Å². The maximum absolute atomic E-state index is 12.8. The minimum Gasteiger partial charge on any atom is -0.335 e. The molecule has 3 heterocycles. The Balaban J connectivity index is 1.49. The van der Waals surface area contributed by atoms with Gasteiger partial charge in [-0.05, 0) is 37.3 Å². The third-order valence-electron chi connectivity index (χ3n) is 4.87. The summed E-state index contributed by atoms with van der Waals surface area (Å²) in [5, 5.41) is 0. The van der Waals surface area contributed by atoms with Gasteiger partial charge in [0.05, 0.1) is 4.90 Å². The van der Waals surface area contributed by atoms with Crippen LogP contribution in [0.5, 0.6) is 0 Å². The van der Waals surface area contributed by atoms with Crippen LogP contribution in [0.25, 0.3) is 5.65 Å². The SMILES string of the molecule is Cc1cccc2nc(C(=O)N3CCN(S(=O)(=O)c4cccc(Br)c4)CC3)cn12. The first-order chi connectivity index (χ1) is 13.4. The number of fused-ring (bicyclic) bond motifs is 1. The minimum absolute atomic E-state index is 0.178. The summed E-state index contributed by atoms with van der Waals surface area (Å²) < 4.78 is 29.7. The number of hydrogen-bond acceptors (Lipinski definition) is 4. The molecule has 0 saturated carbocycles. The van der Waals surface area contributed by atoms with Gasteiger partial charge in [-0.2, -0.15) is 4.31 Å². The number of carbonyl (C=O) groups is 1. The molecule has 0 aliphatic carbocycles. The largest absolute Gasteiger partial charge is 0.335 e. The zero-order chi connectivity index (χ0) is 19.9. The number of imidazole rings is 1. The van der Waals surface area contributed by atoms with E-state index in [-0.39, 0.29) is 23.9 Å². The average molecular weight is 463 g/mol. The number of halogens is 1. The van der Waals surface area contributed by atoms with Crippen molar-refractivity contribution >= 4 is 37.5 Å². The summed E-state index contributed by atoms with van der Waals surface area (Å²) in [4.78, 5) is 19.1. The molecule has 1 fully saturated rings. The summed E-state index contributed by atoms with van der Waals surface area (Å²) >= 11 is 3.31. The van der Waals surface area contributed by atoms with Crippen LogP contribution in [0.3, 0.4) is 0 Å². The molecular weight excluding hydrogens is 444 g/mol. The van der Waals surface area contributed by atoms with Crippen molar-refractivity contribution in [2.75, 3.05) is 26.2 Å². The van der Waals surface area contributed by atoms with E-state index in [1.54, 1.807) is 35.4 Å². The average Bonchev–Trinajstić information content (AvgIpc) is 3.13. The maximum atomic E-state index is 12.8. The maximum Gasteiger partial charge on any atom is 0.274 e. The van der Waals surface area contributed by atoms with Crippen molar-refractivity contribution in [3.8, 4) is 0 Å². The van der Waals surface area contributed by atoms with Crippen LogP contribution in [0.1, 0.15) is 16.2 Å². The van der Waals surface area contributed by atoms with Crippen LogP contribution in [-0.2, 0) is 10.0 Å². The van der Waals surface area contributed by atoms with Gasteiger partial charge < -0.3 is 9.30 Å². The van der Waals surface area contributed by atoms with Crippen molar-refractivity contribution in [3.05, 3.63) is 64.5 Å². The topological polar surface area (TPSA) is 75.0 Å². The predicted octanol–water partition coefficient (Wildman–Crippen LogP) is 2.55. The number of pyridine rings is 1. The first-order valence-electron chi connectivity index (χ1n) is 8.86. The molecule has 1 aliphatic heterocycles. The van der Waals surface area contributed by atoms with Crippen LogP contribution in [-0.4, -0.2) is 59.1 Å². The molecule has 1 saturated heterocycles. The lowest BCUT2D eigenvalue weighted by Crippen LogP contribution is -2.50. The van der Waals surface area contributed by atoms with Crippen molar-refractivity contribution in [1.29, 1.82) is 0 Å². The second kappa shape index (κ2) is 7.31. The first kappa shape index (κ1) is 19.1. The molecule has 0 unspecified atom stereocenters. The molecule has 1 aliphatic rings. The van der Waals surface area contributed by atoms with Gasteiger partial charge >= 0.3 is 0 Å². The molecule has 9 heteroatoms. The van der Waals surface area contributed by atoms with Gasteiger partial charge in [0.2, 0.25) is 10.0 Å². The lowest BCUT2D eigenvalue weighted by molar-refractivity contribution is 0.0692. The van der Waals surface area contributed by atoms with Gasteiger partial charge in [0.25, 0.3) is 5.91 Å². The number of rotatable bonds is 3. The van der Waals surface area contributed by atoms with E-state index in [2.05, 4.69) is 20.9 Å². The molecule has 0 spiro atoms. The van der Waals surface area contributed by atoms with E-state index in [1.165, 1.54) is 4.31 Å². The summed E-state index contributed by atoms with van der Waals surface area (Å²) in [6, 6.07) is 12.4. The van der Waals surface area contributed by atoms with Crippen LogP contribution in [0, 0.1) is 6.92 Å². The molecule has 1 amide bonds. The summed E-state index contributed by atoms with van der Waals surface area (Å²) in [6.07, 6.45) is 1.73. The second-order valence-electron chi connectivity index (χ2n) is 6.68. The van der Waals surface area contributed by atoms with Crippen LogP contribution < -0.4 is 0 Å². The molecule has 4 rings (SSSR count). The standard InChI is InChI=1S/C19H19BrN4O3S/c1-14-4-2-7-18-21-17(13-24(14)18)19(25)22-8-10-23(11-9-22)28(26,27)16-6-3-5-15(20)12-16/h2-7,12-13H,8-11H2,1H3. The van der Waals surface area contributed by atoms with Crippen LogP contribution in [0.15, 0.2) is 58.0 Å². The molecule has 0 N–H and O–H groups in total. The van der Waals surface area contributed by atoms with Crippen molar-refractivity contribution in [3.63, 3.8) is 0 Å². The number of benzene rings is 1. The molecule has 2 aromatic heterocycles. The molecule has 0 radical (unpaired) electrons. The Kier molecular flexibility index (Phi) is 4.98. The Morgan fingerprint density at radius 1 is 1.07 bits per heavy atom. The van der Waals surface area contributed by atoms with Gasteiger partial charge in [-0.1, -0.05) is 28.1 Å². The lowest BCUT2D eigenvalue weighted by Gasteiger charge is -2.33. The highest BCUT2D eigenvalue weighted by molar-refractivity contribution is 9.10. The third-order valence-corrected chi connectivity index (χ3v) is 7.26. The van der Waals surface area contributed by atoms with Crippen LogP contribution >= 0.6 is 15.9 Å². The first-order valence-corrected chi connectivity index (χ1v) is 11.1. The van der Waals surface area contributed by atoms with Crippen molar-refractivity contribution in [1.82, 2.24) is 18.6 Å². The number of piperazine rings is 1. The zero-order valence-corrected chi connectivity index (χ0v) is 17.6. The molecule has 0 bridgehead atoms. The highest BCUT2D eigenvalue weighted by Crippen LogP contribution is 2.21. The lowest BCUT2D eigenvalue weighted by atomic mass is 10.3. The highest BCUT2D eigenvalue weighted by Gasteiger charge is 2.31. The van der Waals surface area contributed by atoms with E-state index in [0.717, 1.165) is 11.3 Å². The van der Waals surface area contributed by atoms with E-state index in [0.29, 0.717) is 23.3 Å². The van der Waals surface area contributed by atoms with Gasteiger partial charge in [-0.15, -0.1) is 0 Å². The monoisotopic (exact) mass is 462 g/mol. The molecule has 1 aromatic carbocycles. The summed E-state index contributed by atoms with van der Waals surface area (Å²) in [6.45, 7) is 3.13. The van der Waals surface area contributed by atoms with Crippen molar-refractivity contribution in [2.45, 2.75) is 11.8 Å². The minimum atomic E-state index is -3.58. The van der Waals surface area contributed by atoms with Gasteiger partial charge in [-0.25, -0.2) is 13.4 Å². The summed E-state index contributed by atoms with van der Waals surface area (Å²) in [5.41, 5.74) is 2.09. The fraction of sp³-hybridized carbons (Fsp3) is 0.263. The summed E-state index contributed by atoms with van der Waals surface area (Å²) in [7, 11) is -3.58. The van der Waals surface area contributed by atoms with E-state index >= 15 is 0 Å². The number of sulfonamides is 1. The third kappa shape index (κ3) is 3.45. The molecule has 0 atom stereocenters. The van der Waals surface area contributed by atoms with Crippen LogP contribution in [0.2, 0.25) is 0 Å².